The smallest absolute Gasteiger partial charge is 0.219 e. The molecule has 1 aliphatic carbocycles. The van der Waals surface area contributed by atoms with Crippen molar-refractivity contribution in [2.45, 2.75) is 69.9 Å². The van der Waals surface area contributed by atoms with Gasteiger partial charge in [-0.1, -0.05) is 19.3 Å². The highest BCUT2D eigenvalue weighted by Crippen LogP contribution is 2.34. The van der Waals surface area contributed by atoms with Crippen molar-refractivity contribution >= 4 is 5.91 Å². The monoisotopic (exact) mass is 282 g/mol. The topological polar surface area (TPSA) is 52.6 Å². The number of nitrogens with one attached hydrogen (secondary N) is 1. The second kappa shape index (κ2) is 7.99. The molecule has 0 aromatic rings. The van der Waals surface area contributed by atoms with Crippen molar-refractivity contribution < 1.29 is 9.90 Å². The molecule has 3 atom stereocenters. The number of likely N-dealkylation sites (tertiary alicyclic amines) is 1. The summed E-state index contributed by atoms with van der Waals surface area (Å²) in [5.41, 5.74) is 0. The van der Waals surface area contributed by atoms with Crippen molar-refractivity contribution in [3.8, 4) is 0 Å². The molecule has 2 aliphatic rings. The molecule has 3 unspecified atom stereocenters. The average Bonchev–Trinajstić information content (AvgIpc) is 2.48. The fourth-order valence-corrected chi connectivity index (χ4v) is 3.94. The predicted octanol–water partition coefficient (Wildman–Crippen LogP) is 1.92. The Morgan fingerprint density at radius 1 is 1.20 bits per heavy atom. The summed E-state index contributed by atoms with van der Waals surface area (Å²) < 4.78 is 0. The van der Waals surface area contributed by atoms with Gasteiger partial charge in [0.2, 0.25) is 5.91 Å². The van der Waals surface area contributed by atoms with Gasteiger partial charge in [0, 0.05) is 25.4 Å². The summed E-state index contributed by atoms with van der Waals surface area (Å²) in [6.45, 7) is 2.14. The fourth-order valence-electron chi connectivity index (χ4n) is 3.94. The molecule has 0 spiro atoms. The van der Waals surface area contributed by atoms with E-state index in [4.69, 9.17) is 0 Å². The van der Waals surface area contributed by atoms with Crippen molar-refractivity contribution in [3.05, 3.63) is 0 Å². The Balaban J connectivity index is 1.86. The first-order chi connectivity index (χ1) is 9.72. The van der Waals surface area contributed by atoms with Gasteiger partial charge in [-0.2, -0.15) is 0 Å². The molecule has 4 nitrogen and oxygen atoms in total. The van der Waals surface area contributed by atoms with Gasteiger partial charge in [-0.3, -0.25) is 9.69 Å². The lowest BCUT2D eigenvalue weighted by molar-refractivity contribution is -0.120. The Morgan fingerprint density at radius 3 is 2.70 bits per heavy atom. The predicted molar refractivity (Wildman–Crippen MR) is 80.5 cm³/mol. The second-order valence-corrected chi connectivity index (χ2v) is 6.39. The van der Waals surface area contributed by atoms with E-state index in [0.717, 1.165) is 25.9 Å². The molecule has 0 bridgehead atoms. The summed E-state index contributed by atoms with van der Waals surface area (Å²) in [6, 6.07) is 0.545. The summed E-state index contributed by atoms with van der Waals surface area (Å²) >= 11 is 0. The Kier molecular flexibility index (Phi) is 6.30. The van der Waals surface area contributed by atoms with Crippen LogP contribution in [0.25, 0.3) is 0 Å². The molecule has 2 N–H and O–H groups in total. The molecule has 2 rings (SSSR count). The molecule has 116 valence electrons. The van der Waals surface area contributed by atoms with Crippen LogP contribution in [0.5, 0.6) is 0 Å². The van der Waals surface area contributed by atoms with E-state index in [-0.39, 0.29) is 12.0 Å². The van der Waals surface area contributed by atoms with Crippen LogP contribution in [0.3, 0.4) is 0 Å². The van der Waals surface area contributed by atoms with E-state index in [1.54, 1.807) is 7.05 Å². The molecular weight excluding hydrogens is 252 g/mol. The Morgan fingerprint density at radius 2 is 1.95 bits per heavy atom. The van der Waals surface area contributed by atoms with E-state index in [0.29, 0.717) is 18.4 Å². The highest BCUT2D eigenvalue weighted by Gasteiger charge is 2.35. The van der Waals surface area contributed by atoms with Crippen LogP contribution in [-0.4, -0.2) is 48.2 Å². The molecule has 1 heterocycles. The van der Waals surface area contributed by atoms with Crippen LogP contribution in [0.4, 0.5) is 0 Å². The Bertz CT molecular complexity index is 309. The zero-order valence-corrected chi connectivity index (χ0v) is 12.8. The van der Waals surface area contributed by atoms with E-state index in [9.17, 15) is 9.90 Å². The van der Waals surface area contributed by atoms with Crippen molar-refractivity contribution in [1.82, 2.24) is 10.2 Å². The van der Waals surface area contributed by atoms with Crippen LogP contribution in [-0.2, 0) is 4.79 Å². The van der Waals surface area contributed by atoms with Gasteiger partial charge >= 0.3 is 0 Å². The number of piperidine rings is 1. The van der Waals surface area contributed by atoms with Crippen LogP contribution in [0.15, 0.2) is 0 Å². The lowest BCUT2D eigenvalue weighted by atomic mass is 9.78. The molecule has 1 amide bonds. The number of carbonyl (C=O) groups excluding carboxylic acids is 1. The third kappa shape index (κ3) is 4.19. The molecule has 20 heavy (non-hydrogen) atoms. The van der Waals surface area contributed by atoms with E-state index in [1.807, 2.05) is 0 Å². The van der Waals surface area contributed by atoms with E-state index >= 15 is 0 Å². The molecule has 1 saturated carbocycles. The second-order valence-electron chi connectivity index (χ2n) is 6.39. The number of hydrogen-bond donors (Lipinski definition) is 2. The highest BCUT2D eigenvalue weighted by atomic mass is 16.3. The molecule has 4 heteroatoms. The number of nitrogens with zero attached hydrogens (tertiary/aromatic N) is 1. The molecular formula is C16H30N2O2. The maximum atomic E-state index is 11.3. The third-order valence-electron chi connectivity index (χ3n) is 5.07. The van der Waals surface area contributed by atoms with E-state index in [2.05, 4.69) is 10.2 Å². The number of aliphatic hydroxyl groups is 1. The maximum Gasteiger partial charge on any atom is 0.219 e. The zero-order chi connectivity index (χ0) is 14.4. The summed E-state index contributed by atoms with van der Waals surface area (Å²) in [7, 11) is 1.70. The van der Waals surface area contributed by atoms with Gasteiger partial charge in [-0.15, -0.1) is 0 Å². The Labute approximate surface area is 122 Å². The van der Waals surface area contributed by atoms with Crippen LogP contribution in [0, 0.1) is 5.92 Å². The van der Waals surface area contributed by atoms with E-state index < -0.39 is 0 Å². The van der Waals surface area contributed by atoms with Gasteiger partial charge in [0.25, 0.3) is 0 Å². The van der Waals surface area contributed by atoms with Crippen molar-refractivity contribution in [2.75, 3.05) is 20.1 Å². The lowest BCUT2D eigenvalue weighted by Crippen LogP contribution is -2.49. The minimum Gasteiger partial charge on any atom is -0.393 e. The third-order valence-corrected chi connectivity index (χ3v) is 5.07. The van der Waals surface area contributed by atoms with Gasteiger partial charge in [0.05, 0.1) is 6.10 Å². The van der Waals surface area contributed by atoms with Crippen molar-refractivity contribution in [1.29, 1.82) is 0 Å². The van der Waals surface area contributed by atoms with Gasteiger partial charge in [0.1, 0.15) is 0 Å². The standard InChI is InChI=1S/C16H30N2O2/c1-17-16(20)10-6-12-18-11-5-4-8-14(18)13-7-2-3-9-15(13)19/h13-15,19H,2-12H2,1H3,(H,17,20). The number of amides is 1. The number of rotatable bonds is 5. The molecule has 0 aromatic carbocycles. The number of hydrogen-bond acceptors (Lipinski definition) is 3. The summed E-state index contributed by atoms with van der Waals surface area (Å²) in [4.78, 5) is 13.9. The molecule has 1 aliphatic heterocycles. The fraction of sp³-hybridized carbons (Fsp3) is 0.938. The number of carbonyl (C=O) groups is 1. The van der Waals surface area contributed by atoms with Crippen molar-refractivity contribution in [3.63, 3.8) is 0 Å². The average molecular weight is 282 g/mol. The Hall–Kier alpha value is -0.610. The first kappa shape index (κ1) is 15.8. The first-order valence-corrected chi connectivity index (χ1v) is 8.35. The van der Waals surface area contributed by atoms with E-state index in [1.165, 1.54) is 38.5 Å². The van der Waals surface area contributed by atoms with Gasteiger partial charge in [-0.25, -0.2) is 0 Å². The quantitative estimate of drug-likeness (QED) is 0.810. The minimum atomic E-state index is -0.103. The van der Waals surface area contributed by atoms with Crippen LogP contribution >= 0.6 is 0 Å². The lowest BCUT2D eigenvalue weighted by Gasteiger charge is -2.43. The summed E-state index contributed by atoms with van der Waals surface area (Å²) in [5, 5.41) is 13.0. The van der Waals surface area contributed by atoms with Crippen LogP contribution < -0.4 is 5.32 Å². The minimum absolute atomic E-state index is 0.103. The SMILES string of the molecule is CNC(=O)CCCN1CCCCC1C1CCCCC1O. The molecule has 2 fully saturated rings. The normalized spacial score (nSPS) is 32.0. The molecule has 0 radical (unpaired) electrons. The van der Waals surface area contributed by atoms with Gasteiger partial charge < -0.3 is 10.4 Å². The first-order valence-electron chi connectivity index (χ1n) is 8.35. The zero-order valence-electron chi connectivity index (χ0n) is 12.8. The molecule has 0 aromatic heterocycles. The maximum absolute atomic E-state index is 11.3. The largest absolute Gasteiger partial charge is 0.393 e. The van der Waals surface area contributed by atoms with Crippen LogP contribution in [0.2, 0.25) is 0 Å². The van der Waals surface area contributed by atoms with Crippen molar-refractivity contribution in [2.24, 2.45) is 5.92 Å². The highest BCUT2D eigenvalue weighted by molar-refractivity contribution is 5.75. The number of aliphatic hydroxyl groups excluding tert-OH is 1. The summed E-state index contributed by atoms with van der Waals surface area (Å²) in [6.07, 6.45) is 9.83. The summed E-state index contributed by atoms with van der Waals surface area (Å²) in [5.74, 6) is 0.598. The van der Waals surface area contributed by atoms with Crippen LogP contribution in [0.1, 0.15) is 57.8 Å². The van der Waals surface area contributed by atoms with Gasteiger partial charge in [0.15, 0.2) is 0 Å². The molecule has 1 saturated heterocycles. The van der Waals surface area contributed by atoms with Gasteiger partial charge in [-0.05, 0) is 45.2 Å².